The minimum Gasteiger partial charge on any atom is -0.548 e. The van der Waals surface area contributed by atoms with E-state index in [0.717, 1.165) is 12.0 Å². The molecule has 4 nitrogen and oxygen atoms in total. The van der Waals surface area contributed by atoms with E-state index in [4.69, 9.17) is 0 Å². The molecule has 1 aliphatic heterocycles. The molecule has 0 bridgehead atoms. The summed E-state index contributed by atoms with van der Waals surface area (Å²) in [5.41, 5.74) is 1.43. The van der Waals surface area contributed by atoms with E-state index < -0.39 is 12.0 Å². The van der Waals surface area contributed by atoms with Crippen molar-refractivity contribution in [2.24, 2.45) is 5.92 Å². The molecule has 21 heavy (non-hydrogen) atoms. The van der Waals surface area contributed by atoms with Crippen LogP contribution in [0.1, 0.15) is 36.2 Å². The van der Waals surface area contributed by atoms with Crippen molar-refractivity contribution in [1.29, 1.82) is 0 Å². The van der Waals surface area contributed by atoms with Crippen LogP contribution in [0.15, 0.2) is 24.3 Å². The fourth-order valence-corrected chi connectivity index (χ4v) is 4.18. The number of carbonyl (C=O) groups is 2. The number of aliphatic carboxylic acids is 1. The van der Waals surface area contributed by atoms with Gasteiger partial charge in [0.25, 0.3) is 5.91 Å². The maximum atomic E-state index is 12.8. The first-order chi connectivity index (χ1) is 9.91. The zero-order valence-electron chi connectivity index (χ0n) is 12.5. The van der Waals surface area contributed by atoms with Gasteiger partial charge in [-0.05, 0) is 30.9 Å². The van der Waals surface area contributed by atoms with Crippen LogP contribution in [0, 0.1) is 12.8 Å². The third-order valence-corrected chi connectivity index (χ3v) is 4.96. The summed E-state index contributed by atoms with van der Waals surface area (Å²) in [6.45, 7) is 6.01. The first-order valence-electron chi connectivity index (χ1n) is 7.12. The number of nitrogens with zero attached hydrogens (tertiary/aromatic N) is 1. The van der Waals surface area contributed by atoms with Crippen LogP contribution in [0.5, 0.6) is 0 Å². The lowest BCUT2D eigenvalue weighted by Gasteiger charge is -2.31. The lowest BCUT2D eigenvalue weighted by atomic mass is 10.0. The predicted octanol–water partition coefficient (Wildman–Crippen LogP) is 1.67. The number of benzene rings is 1. The number of rotatable bonds is 4. The highest BCUT2D eigenvalue weighted by Gasteiger charge is 2.39. The van der Waals surface area contributed by atoms with Gasteiger partial charge in [0.1, 0.15) is 0 Å². The Labute approximate surface area is 129 Å². The molecule has 114 valence electrons. The highest BCUT2D eigenvalue weighted by Crippen LogP contribution is 2.34. The first kappa shape index (κ1) is 15.9. The molecular weight excluding hydrogens is 286 g/mol. The largest absolute Gasteiger partial charge is 0.548 e. The standard InChI is InChI=1S/C16H21NO3S/c1-10(2)8-14-17(13(9-21-14)16(19)20)15(18)12-7-5-4-6-11(12)3/h4-7,10,13-14H,8-9H2,1-3H3,(H,19,20)/p-1/t13-,14+/m0/s1. The quantitative estimate of drug-likeness (QED) is 0.849. The summed E-state index contributed by atoms with van der Waals surface area (Å²) in [6, 6.07) is 6.44. The van der Waals surface area contributed by atoms with Gasteiger partial charge in [-0.3, -0.25) is 4.79 Å². The summed E-state index contributed by atoms with van der Waals surface area (Å²) in [5.74, 6) is -0.582. The van der Waals surface area contributed by atoms with Crippen molar-refractivity contribution in [2.75, 3.05) is 5.75 Å². The minimum absolute atomic E-state index is 0.0972. The van der Waals surface area contributed by atoms with Gasteiger partial charge in [0.05, 0.1) is 17.4 Å². The van der Waals surface area contributed by atoms with Crippen molar-refractivity contribution in [3.8, 4) is 0 Å². The summed E-state index contributed by atoms with van der Waals surface area (Å²) in [5, 5.41) is 11.2. The number of carboxylic acids is 1. The molecule has 1 saturated heterocycles. The van der Waals surface area contributed by atoms with Gasteiger partial charge < -0.3 is 14.8 Å². The number of carbonyl (C=O) groups excluding carboxylic acids is 2. The third-order valence-electron chi connectivity index (χ3n) is 3.65. The Balaban J connectivity index is 2.32. The van der Waals surface area contributed by atoms with Crippen molar-refractivity contribution in [2.45, 2.75) is 38.6 Å². The third kappa shape index (κ3) is 3.40. The molecule has 0 spiro atoms. The van der Waals surface area contributed by atoms with Gasteiger partial charge in [0.2, 0.25) is 0 Å². The number of hydrogen-bond acceptors (Lipinski definition) is 4. The number of aryl methyl sites for hydroxylation is 1. The van der Waals surface area contributed by atoms with Crippen molar-refractivity contribution in [1.82, 2.24) is 4.90 Å². The molecule has 1 heterocycles. The van der Waals surface area contributed by atoms with Gasteiger partial charge in [0.15, 0.2) is 0 Å². The molecular formula is C16H20NO3S-. The number of carboxylic acid groups (broad SMARTS) is 1. The molecule has 0 unspecified atom stereocenters. The van der Waals surface area contributed by atoms with Gasteiger partial charge in [0, 0.05) is 11.3 Å². The van der Waals surface area contributed by atoms with Gasteiger partial charge in [-0.25, -0.2) is 0 Å². The Morgan fingerprint density at radius 1 is 1.38 bits per heavy atom. The Morgan fingerprint density at radius 2 is 2.05 bits per heavy atom. The van der Waals surface area contributed by atoms with E-state index in [1.165, 1.54) is 16.7 Å². The minimum atomic E-state index is -1.17. The molecule has 2 rings (SSSR count). The van der Waals surface area contributed by atoms with Crippen molar-refractivity contribution in [3.05, 3.63) is 35.4 Å². The molecule has 1 amide bonds. The number of thioether (sulfide) groups is 1. The van der Waals surface area contributed by atoms with E-state index in [1.54, 1.807) is 12.1 Å². The average molecular weight is 306 g/mol. The topological polar surface area (TPSA) is 60.4 Å². The zero-order valence-corrected chi connectivity index (χ0v) is 13.4. The average Bonchev–Trinajstić information content (AvgIpc) is 2.81. The maximum Gasteiger partial charge on any atom is 0.255 e. The molecule has 1 fully saturated rings. The molecule has 0 aliphatic carbocycles. The van der Waals surface area contributed by atoms with Crippen molar-refractivity contribution < 1.29 is 14.7 Å². The van der Waals surface area contributed by atoms with E-state index in [0.29, 0.717) is 17.2 Å². The second kappa shape index (κ2) is 6.52. The van der Waals surface area contributed by atoms with E-state index in [1.807, 2.05) is 19.1 Å². The van der Waals surface area contributed by atoms with Gasteiger partial charge in [-0.1, -0.05) is 32.0 Å². The van der Waals surface area contributed by atoms with E-state index in [2.05, 4.69) is 13.8 Å². The molecule has 1 aromatic carbocycles. The molecule has 0 N–H and O–H groups in total. The number of hydrogen-bond donors (Lipinski definition) is 0. The van der Waals surface area contributed by atoms with Crippen LogP contribution < -0.4 is 5.11 Å². The normalized spacial score (nSPS) is 21.8. The zero-order chi connectivity index (χ0) is 15.6. The Hall–Kier alpha value is -1.49. The van der Waals surface area contributed by atoms with Crippen LogP contribution in [0.2, 0.25) is 0 Å². The molecule has 2 atom stereocenters. The van der Waals surface area contributed by atoms with E-state index in [-0.39, 0.29) is 11.3 Å². The van der Waals surface area contributed by atoms with Gasteiger partial charge in [-0.2, -0.15) is 0 Å². The van der Waals surface area contributed by atoms with Crippen molar-refractivity contribution >= 4 is 23.6 Å². The summed E-state index contributed by atoms with van der Waals surface area (Å²) in [6.07, 6.45) is 0.784. The summed E-state index contributed by atoms with van der Waals surface area (Å²) in [4.78, 5) is 25.6. The van der Waals surface area contributed by atoms with Crippen LogP contribution in [0.3, 0.4) is 0 Å². The van der Waals surface area contributed by atoms with Gasteiger partial charge in [-0.15, -0.1) is 11.8 Å². The summed E-state index contributed by atoms with van der Waals surface area (Å²) >= 11 is 1.53. The van der Waals surface area contributed by atoms with Crippen LogP contribution in [0.4, 0.5) is 0 Å². The molecule has 0 aromatic heterocycles. The molecule has 0 saturated carbocycles. The van der Waals surface area contributed by atoms with Crippen LogP contribution >= 0.6 is 11.8 Å². The Kier molecular flexibility index (Phi) is 4.93. The molecule has 0 radical (unpaired) electrons. The monoisotopic (exact) mass is 306 g/mol. The lowest BCUT2D eigenvalue weighted by molar-refractivity contribution is -0.310. The van der Waals surface area contributed by atoms with Crippen molar-refractivity contribution in [3.63, 3.8) is 0 Å². The highest BCUT2D eigenvalue weighted by molar-refractivity contribution is 8.00. The van der Waals surface area contributed by atoms with Crippen LogP contribution in [0.25, 0.3) is 0 Å². The van der Waals surface area contributed by atoms with Crippen LogP contribution in [-0.4, -0.2) is 33.9 Å². The highest BCUT2D eigenvalue weighted by atomic mass is 32.2. The lowest BCUT2D eigenvalue weighted by Crippen LogP contribution is -2.51. The molecule has 1 aliphatic rings. The Morgan fingerprint density at radius 3 is 2.62 bits per heavy atom. The first-order valence-corrected chi connectivity index (χ1v) is 8.17. The fourth-order valence-electron chi connectivity index (χ4n) is 2.55. The summed E-state index contributed by atoms with van der Waals surface area (Å²) < 4.78 is 0. The molecule has 5 heteroatoms. The van der Waals surface area contributed by atoms with Crippen LogP contribution in [-0.2, 0) is 4.79 Å². The SMILES string of the molecule is Cc1ccccc1C(=O)N1[C@@H](CC(C)C)SC[C@H]1C(=O)[O-]. The second-order valence-corrected chi connectivity index (χ2v) is 6.99. The van der Waals surface area contributed by atoms with E-state index >= 15 is 0 Å². The summed E-state index contributed by atoms with van der Waals surface area (Å²) in [7, 11) is 0. The Bertz CT molecular complexity index is 544. The van der Waals surface area contributed by atoms with E-state index in [9.17, 15) is 14.7 Å². The second-order valence-electron chi connectivity index (χ2n) is 5.78. The smallest absolute Gasteiger partial charge is 0.255 e. The molecule has 1 aromatic rings. The number of amides is 1. The predicted molar refractivity (Wildman–Crippen MR) is 81.8 cm³/mol. The van der Waals surface area contributed by atoms with Gasteiger partial charge >= 0.3 is 0 Å². The fraction of sp³-hybridized carbons (Fsp3) is 0.500. The maximum absolute atomic E-state index is 12.8.